The fourth-order valence-electron chi connectivity index (χ4n) is 2.98. The quantitative estimate of drug-likeness (QED) is 0.656. The van der Waals surface area contributed by atoms with Crippen LogP contribution in [0.15, 0.2) is 24.3 Å². The fraction of sp³-hybridized carbons (Fsp3) is 0.600. The molecule has 2 aliphatic rings. The Morgan fingerprint density at radius 3 is 2.27 bits per heavy atom. The Labute approximate surface area is 143 Å². The molecule has 7 heteroatoms. The summed E-state index contributed by atoms with van der Waals surface area (Å²) in [7, 11) is 0. The Kier molecular flexibility index (Phi) is 7.56. The van der Waals surface area contributed by atoms with Crippen LogP contribution in [-0.4, -0.2) is 36.0 Å². The van der Waals surface area contributed by atoms with Gasteiger partial charge in [-0.2, -0.15) is 0 Å². The average Bonchev–Trinajstić information content (AvgIpc) is 3.30. The van der Waals surface area contributed by atoms with Gasteiger partial charge in [0.15, 0.2) is 0 Å². The molecule has 0 amide bonds. The molecule has 1 saturated carbocycles. The van der Waals surface area contributed by atoms with E-state index in [0.29, 0.717) is 6.04 Å². The molecule has 1 N–H and O–H groups in total. The van der Waals surface area contributed by atoms with E-state index in [1.165, 1.54) is 24.8 Å². The van der Waals surface area contributed by atoms with Crippen molar-refractivity contribution in [3.8, 4) is 0 Å². The summed E-state index contributed by atoms with van der Waals surface area (Å²) in [6.07, 6.45) is 3.88. The van der Waals surface area contributed by atoms with Crippen molar-refractivity contribution in [2.24, 2.45) is 5.92 Å². The molecular formula is C15H23Cl2N3O2. The smallest absolute Gasteiger partial charge is 0.269 e. The second kappa shape index (κ2) is 8.67. The first-order valence-corrected chi connectivity index (χ1v) is 7.43. The van der Waals surface area contributed by atoms with E-state index in [-0.39, 0.29) is 35.4 Å². The average molecular weight is 348 g/mol. The third-order valence-corrected chi connectivity index (χ3v) is 4.33. The maximum atomic E-state index is 10.8. The summed E-state index contributed by atoms with van der Waals surface area (Å²) in [5, 5.41) is 14.1. The zero-order chi connectivity index (χ0) is 13.9. The standard InChI is InChI=1S/C15H21N3O2.2ClH/c19-18(20)14-5-3-13(4-6-14)15(11-12-1-2-12)17-9-7-16-8-10-17;;/h3-6,12,15-16H,1-2,7-11H2;2*1H/t15-;;/m0../s1. The first-order valence-electron chi connectivity index (χ1n) is 7.43. The first-order chi connectivity index (χ1) is 9.74. The Morgan fingerprint density at radius 2 is 1.77 bits per heavy atom. The van der Waals surface area contributed by atoms with Gasteiger partial charge in [0.1, 0.15) is 0 Å². The highest BCUT2D eigenvalue weighted by atomic mass is 35.5. The number of hydrogen-bond donors (Lipinski definition) is 1. The van der Waals surface area contributed by atoms with Crippen LogP contribution in [0.2, 0.25) is 0 Å². The number of nitrogens with one attached hydrogen (secondary N) is 1. The van der Waals surface area contributed by atoms with Crippen LogP contribution in [0.3, 0.4) is 0 Å². The summed E-state index contributed by atoms with van der Waals surface area (Å²) in [6.45, 7) is 4.20. The van der Waals surface area contributed by atoms with Gasteiger partial charge in [-0.25, -0.2) is 0 Å². The van der Waals surface area contributed by atoms with Crippen LogP contribution in [0.5, 0.6) is 0 Å². The molecule has 1 aliphatic carbocycles. The number of rotatable bonds is 5. The number of non-ortho nitro benzene ring substituents is 1. The number of piperazine rings is 1. The molecule has 1 aromatic carbocycles. The minimum absolute atomic E-state index is 0. The highest BCUT2D eigenvalue weighted by Crippen LogP contribution is 2.40. The van der Waals surface area contributed by atoms with E-state index in [2.05, 4.69) is 10.2 Å². The van der Waals surface area contributed by atoms with Crippen LogP contribution in [-0.2, 0) is 0 Å². The van der Waals surface area contributed by atoms with Crippen LogP contribution in [0.25, 0.3) is 0 Å². The van der Waals surface area contributed by atoms with Crippen LogP contribution >= 0.6 is 24.8 Å². The molecule has 0 unspecified atom stereocenters. The molecule has 22 heavy (non-hydrogen) atoms. The van der Waals surface area contributed by atoms with Gasteiger partial charge in [-0.1, -0.05) is 25.0 Å². The molecule has 5 nitrogen and oxygen atoms in total. The summed E-state index contributed by atoms with van der Waals surface area (Å²) in [5.74, 6) is 0.852. The Bertz CT molecular complexity index is 474. The number of hydrogen-bond acceptors (Lipinski definition) is 4. The van der Waals surface area contributed by atoms with Gasteiger partial charge in [0, 0.05) is 44.4 Å². The number of nitro groups is 1. The predicted molar refractivity (Wildman–Crippen MR) is 92.1 cm³/mol. The van der Waals surface area contributed by atoms with E-state index < -0.39 is 0 Å². The van der Waals surface area contributed by atoms with Crippen LogP contribution in [0.4, 0.5) is 5.69 Å². The lowest BCUT2D eigenvalue weighted by Crippen LogP contribution is -2.45. The predicted octanol–water partition coefficient (Wildman–Crippen LogP) is 3.18. The monoisotopic (exact) mass is 347 g/mol. The molecule has 0 spiro atoms. The molecule has 1 heterocycles. The summed E-state index contributed by atoms with van der Waals surface area (Å²) >= 11 is 0. The van der Waals surface area contributed by atoms with Gasteiger partial charge in [-0.3, -0.25) is 15.0 Å². The molecule has 0 radical (unpaired) electrons. The van der Waals surface area contributed by atoms with E-state index in [0.717, 1.165) is 32.1 Å². The lowest BCUT2D eigenvalue weighted by molar-refractivity contribution is -0.384. The number of nitrogens with zero attached hydrogens (tertiary/aromatic N) is 2. The van der Waals surface area contributed by atoms with Gasteiger partial charge in [-0.15, -0.1) is 24.8 Å². The lowest BCUT2D eigenvalue weighted by atomic mass is 9.98. The van der Waals surface area contributed by atoms with Crippen molar-refractivity contribution in [1.29, 1.82) is 0 Å². The van der Waals surface area contributed by atoms with Gasteiger partial charge in [-0.05, 0) is 17.9 Å². The molecule has 1 aliphatic heterocycles. The van der Waals surface area contributed by atoms with E-state index >= 15 is 0 Å². The maximum Gasteiger partial charge on any atom is 0.269 e. The van der Waals surface area contributed by atoms with Gasteiger partial charge < -0.3 is 5.32 Å². The third-order valence-electron chi connectivity index (χ3n) is 4.33. The zero-order valence-electron chi connectivity index (χ0n) is 12.4. The van der Waals surface area contributed by atoms with Crippen LogP contribution < -0.4 is 5.32 Å². The molecular weight excluding hydrogens is 325 g/mol. The second-order valence-electron chi connectivity index (χ2n) is 5.83. The molecule has 1 atom stereocenters. The van der Waals surface area contributed by atoms with E-state index in [1.54, 1.807) is 12.1 Å². The molecule has 0 aromatic heterocycles. The minimum Gasteiger partial charge on any atom is -0.314 e. The molecule has 1 aromatic rings. The summed E-state index contributed by atoms with van der Waals surface area (Å²) in [6, 6.07) is 7.57. The lowest BCUT2D eigenvalue weighted by Gasteiger charge is -2.35. The van der Waals surface area contributed by atoms with Crippen molar-refractivity contribution in [2.45, 2.75) is 25.3 Å². The highest BCUT2D eigenvalue weighted by Gasteiger charge is 2.30. The van der Waals surface area contributed by atoms with Crippen molar-refractivity contribution < 1.29 is 4.92 Å². The number of benzene rings is 1. The first kappa shape index (κ1) is 19.2. The normalized spacial score (nSPS) is 19.6. The summed E-state index contributed by atoms with van der Waals surface area (Å²) in [5.41, 5.74) is 1.41. The number of halogens is 2. The van der Waals surface area contributed by atoms with Crippen molar-refractivity contribution in [3.63, 3.8) is 0 Å². The van der Waals surface area contributed by atoms with Crippen molar-refractivity contribution >= 4 is 30.5 Å². The Hall–Kier alpha value is -0.880. The van der Waals surface area contributed by atoms with Gasteiger partial charge in [0.05, 0.1) is 4.92 Å². The van der Waals surface area contributed by atoms with Gasteiger partial charge in [0.2, 0.25) is 0 Å². The second-order valence-corrected chi connectivity index (χ2v) is 5.83. The van der Waals surface area contributed by atoms with E-state index in [4.69, 9.17) is 0 Å². The number of nitro benzene ring substituents is 1. The van der Waals surface area contributed by atoms with E-state index in [9.17, 15) is 10.1 Å². The van der Waals surface area contributed by atoms with Gasteiger partial charge in [0.25, 0.3) is 5.69 Å². The topological polar surface area (TPSA) is 58.4 Å². The zero-order valence-corrected chi connectivity index (χ0v) is 14.1. The largest absolute Gasteiger partial charge is 0.314 e. The molecule has 0 bridgehead atoms. The van der Waals surface area contributed by atoms with Crippen molar-refractivity contribution in [3.05, 3.63) is 39.9 Å². The van der Waals surface area contributed by atoms with Crippen molar-refractivity contribution in [1.82, 2.24) is 10.2 Å². The SMILES string of the molecule is Cl.Cl.O=[N+]([O-])c1ccc([C@H](CC2CC2)N2CCNCC2)cc1. The summed E-state index contributed by atoms with van der Waals surface area (Å²) in [4.78, 5) is 13.0. The third kappa shape index (κ3) is 4.81. The molecule has 124 valence electrons. The maximum absolute atomic E-state index is 10.8. The van der Waals surface area contributed by atoms with Crippen LogP contribution in [0.1, 0.15) is 30.9 Å². The highest BCUT2D eigenvalue weighted by molar-refractivity contribution is 5.85. The van der Waals surface area contributed by atoms with Gasteiger partial charge >= 0.3 is 0 Å². The Morgan fingerprint density at radius 1 is 1.18 bits per heavy atom. The summed E-state index contributed by atoms with van der Waals surface area (Å²) < 4.78 is 0. The minimum atomic E-state index is -0.329. The van der Waals surface area contributed by atoms with Crippen molar-refractivity contribution in [2.75, 3.05) is 26.2 Å². The fourth-order valence-corrected chi connectivity index (χ4v) is 2.98. The molecule has 1 saturated heterocycles. The molecule has 3 rings (SSSR count). The van der Waals surface area contributed by atoms with Crippen LogP contribution in [0, 0.1) is 16.0 Å². The van der Waals surface area contributed by atoms with E-state index in [1.807, 2.05) is 12.1 Å². The Balaban J connectivity index is 0.00000121. The molecule has 2 fully saturated rings.